The fraction of sp³-hybridized carbons (Fsp3) is 0.368. The summed E-state index contributed by atoms with van der Waals surface area (Å²) in [6, 6.07) is 14.9. The molecule has 2 unspecified atom stereocenters. The van der Waals surface area contributed by atoms with Crippen LogP contribution in [0.15, 0.2) is 48.5 Å². The summed E-state index contributed by atoms with van der Waals surface area (Å²) >= 11 is 0. The second kappa shape index (κ2) is 6.84. The molecule has 0 saturated carbocycles. The van der Waals surface area contributed by atoms with Crippen LogP contribution < -0.4 is 0 Å². The van der Waals surface area contributed by atoms with Crippen LogP contribution in [-0.4, -0.2) is 23.4 Å². The third-order valence-corrected chi connectivity index (χ3v) is 4.30. The van der Waals surface area contributed by atoms with Crippen molar-refractivity contribution in [3.8, 4) is 11.5 Å². The third kappa shape index (κ3) is 4.01. The molecule has 3 rings (SSSR count). The predicted octanol–water partition coefficient (Wildman–Crippen LogP) is 3.54. The van der Waals surface area contributed by atoms with Crippen LogP contribution in [0.1, 0.15) is 17.5 Å². The maximum Gasteiger partial charge on any atom is 0.115 e. The highest BCUT2D eigenvalue weighted by Crippen LogP contribution is 2.27. The Morgan fingerprint density at radius 3 is 1.55 bits per heavy atom. The van der Waals surface area contributed by atoms with Gasteiger partial charge in [0.15, 0.2) is 0 Å². The predicted molar refractivity (Wildman–Crippen MR) is 86.0 cm³/mol. The number of hydrogen-bond donors (Lipinski definition) is 2. The average molecular weight is 298 g/mol. The molecule has 1 fully saturated rings. The highest BCUT2D eigenvalue weighted by molar-refractivity contribution is 5.27. The van der Waals surface area contributed by atoms with Gasteiger partial charge in [-0.1, -0.05) is 24.3 Å². The molecule has 0 amide bonds. The zero-order chi connectivity index (χ0) is 15.4. The molecule has 22 heavy (non-hydrogen) atoms. The fourth-order valence-corrected chi connectivity index (χ4v) is 3.22. The quantitative estimate of drug-likeness (QED) is 0.907. The van der Waals surface area contributed by atoms with Gasteiger partial charge in [-0.05, 0) is 66.5 Å². The van der Waals surface area contributed by atoms with Crippen molar-refractivity contribution in [2.45, 2.75) is 19.3 Å². The Kier molecular flexibility index (Phi) is 4.64. The molecule has 3 heteroatoms. The van der Waals surface area contributed by atoms with Gasteiger partial charge in [0.25, 0.3) is 0 Å². The SMILES string of the molecule is Oc1ccc(CC2COCC(Cc3ccc(O)cc3)C2)cc1. The molecule has 116 valence electrons. The Balaban J connectivity index is 1.56. The van der Waals surface area contributed by atoms with E-state index in [2.05, 4.69) is 0 Å². The van der Waals surface area contributed by atoms with E-state index in [1.54, 1.807) is 24.3 Å². The van der Waals surface area contributed by atoms with E-state index in [-0.39, 0.29) is 0 Å². The zero-order valence-electron chi connectivity index (χ0n) is 12.6. The molecule has 0 spiro atoms. The van der Waals surface area contributed by atoms with Gasteiger partial charge in [0.05, 0.1) is 0 Å². The van der Waals surface area contributed by atoms with Gasteiger partial charge in [0.2, 0.25) is 0 Å². The van der Waals surface area contributed by atoms with Crippen LogP contribution in [0.3, 0.4) is 0 Å². The van der Waals surface area contributed by atoms with E-state index in [1.807, 2.05) is 24.3 Å². The van der Waals surface area contributed by atoms with Crippen molar-refractivity contribution in [2.24, 2.45) is 11.8 Å². The zero-order valence-corrected chi connectivity index (χ0v) is 12.6. The number of ether oxygens (including phenoxy) is 1. The topological polar surface area (TPSA) is 49.7 Å². The summed E-state index contributed by atoms with van der Waals surface area (Å²) < 4.78 is 5.79. The molecule has 2 N–H and O–H groups in total. The summed E-state index contributed by atoms with van der Waals surface area (Å²) in [5.74, 6) is 1.68. The Labute approximate surface area is 131 Å². The Morgan fingerprint density at radius 1 is 0.727 bits per heavy atom. The van der Waals surface area contributed by atoms with Crippen LogP contribution in [0.4, 0.5) is 0 Å². The molecule has 1 saturated heterocycles. The largest absolute Gasteiger partial charge is 0.508 e. The number of aromatic hydroxyl groups is 2. The van der Waals surface area contributed by atoms with Gasteiger partial charge in [-0.15, -0.1) is 0 Å². The van der Waals surface area contributed by atoms with E-state index in [9.17, 15) is 10.2 Å². The van der Waals surface area contributed by atoms with Crippen LogP contribution >= 0.6 is 0 Å². The van der Waals surface area contributed by atoms with Crippen molar-refractivity contribution in [3.05, 3.63) is 59.7 Å². The highest BCUT2D eigenvalue weighted by Gasteiger charge is 2.23. The van der Waals surface area contributed by atoms with Gasteiger partial charge in [0.1, 0.15) is 11.5 Å². The fourth-order valence-electron chi connectivity index (χ4n) is 3.22. The summed E-state index contributed by atoms with van der Waals surface area (Å²) in [6.07, 6.45) is 3.14. The molecule has 2 aromatic rings. The third-order valence-electron chi connectivity index (χ3n) is 4.30. The van der Waals surface area contributed by atoms with Gasteiger partial charge in [0, 0.05) is 13.2 Å². The summed E-state index contributed by atoms with van der Waals surface area (Å²) in [4.78, 5) is 0. The first-order valence-electron chi connectivity index (χ1n) is 7.82. The lowest BCUT2D eigenvalue weighted by Gasteiger charge is -2.29. The second-order valence-corrected chi connectivity index (χ2v) is 6.25. The van der Waals surface area contributed by atoms with Crippen LogP contribution in [0.5, 0.6) is 11.5 Å². The molecule has 1 aliphatic rings. The lowest BCUT2D eigenvalue weighted by Crippen LogP contribution is -2.28. The first kappa shape index (κ1) is 14.9. The number of hydrogen-bond acceptors (Lipinski definition) is 3. The van der Waals surface area contributed by atoms with Gasteiger partial charge in [-0.25, -0.2) is 0 Å². The van der Waals surface area contributed by atoms with Gasteiger partial charge >= 0.3 is 0 Å². The normalized spacial score (nSPS) is 21.6. The van der Waals surface area contributed by atoms with Crippen molar-refractivity contribution < 1.29 is 14.9 Å². The molecule has 2 aromatic carbocycles. The van der Waals surface area contributed by atoms with E-state index in [0.717, 1.165) is 32.5 Å². The van der Waals surface area contributed by atoms with Gasteiger partial charge in [-0.3, -0.25) is 0 Å². The number of phenols is 2. The van der Waals surface area contributed by atoms with Crippen molar-refractivity contribution >= 4 is 0 Å². The van der Waals surface area contributed by atoms with E-state index in [4.69, 9.17) is 4.74 Å². The lowest BCUT2D eigenvalue weighted by atomic mass is 9.85. The van der Waals surface area contributed by atoms with Crippen molar-refractivity contribution in [3.63, 3.8) is 0 Å². The number of benzene rings is 2. The monoisotopic (exact) mass is 298 g/mol. The first-order valence-corrected chi connectivity index (χ1v) is 7.82. The minimum Gasteiger partial charge on any atom is -0.508 e. The maximum absolute atomic E-state index is 9.35. The minimum atomic E-state index is 0.314. The first-order chi connectivity index (χ1) is 10.7. The molecule has 2 atom stereocenters. The number of rotatable bonds is 4. The Bertz CT molecular complexity index is 536. The summed E-state index contributed by atoms with van der Waals surface area (Å²) in [7, 11) is 0. The highest BCUT2D eigenvalue weighted by atomic mass is 16.5. The summed E-state index contributed by atoms with van der Waals surface area (Å²) in [5, 5.41) is 18.7. The standard InChI is InChI=1S/C19H22O3/c20-18-5-1-14(2-6-18)9-16-11-17(13-22-12-16)10-15-3-7-19(21)8-4-15/h1-8,16-17,20-21H,9-13H2. The van der Waals surface area contributed by atoms with Crippen molar-refractivity contribution in [1.82, 2.24) is 0 Å². The smallest absolute Gasteiger partial charge is 0.115 e. The minimum absolute atomic E-state index is 0.314. The van der Waals surface area contributed by atoms with Gasteiger partial charge < -0.3 is 14.9 Å². The Hall–Kier alpha value is -2.00. The molecule has 1 heterocycles. The van der Waals surface area contributed by atoms with Crippen molar-refractivity contribution in [2.75, 3.05) is 13.2 Å². The van der Waals surface area contributed by atoms with Crippen LogP contribution in [0.25, 0.3) is 0 Å². The molecule has 3 nitrogen and oxygen atoms in total. The van der Waals surface area contributed by atoms with Crippen LogP contribution in [-0.2, 0) is 17.6 Å². The Morgan fingerprint density at radius 2 is 1.14 bits per heavy atom. The van der Waals surface area contributed by atoms with Crippen LogP contribution in [0, 0.1) is 11.8 Å². The molecule has 0 aromatic heterocycles. The van der Waals surface area contributed by atoms with E-state index in [0.29, 0.717) is 23.3 Å². The van der Waals surface area contributed by atoms with Crippen molar-refractivity contribution in [1.29, 1.82) is 0 Å². The van der Waals surface area contributed by atoms with Gasteiger partial charge in [-0.2, -0.15) is 0 Å². The average Bonchev–Trinajstić information content (AvgIpc) is 2.52. The number of phenolic OH excluding ortho intramolecular Hbond substituents is 2. The molecule has 0 aliphatic carbocycles. The molecular weight excluding hydrogens is 276 g/mol. The second-order valence-electron chi connectivity index (χ2n) is 6.25. The molecule has 0 bridgehead atoms. The molecule has 0 radical (unpaired) electrons. The maximum atomic E-state index is 9.35. The summed E-state index contributed by atoms with van der Waals surface area (Å²) in [6.45, 7) is 1.62. The molecular formula is C19H22O3. The van der Waals surface area contributed by atoms with E-state index < -0.39 is 0 Å². The van der Waals surface area contributed by atoms with E-state index in [1.165, 1.54) is 11.1 Å². The van der Waals surface area contributed by atoms with E-state index >= 15 is 0 Å². The lowest BCUT2D eigenvalue weighted by molar-refractivity contribution is 0.0154. The molecule has 1 aliphatic heterocycles. The summed E-state index contributed by atoms with van der Waals surface area (Å²) in [5.41, 5.74) is 2.49. The van der Waals surface area contributed by atoms with Crippen LogP contribution in [0.2, 0.25) is 0 Å².